The van der Waals surface area contributed by atoms with Gasteiger partial charge in [-0.3, -0.25) is 9.69 Å². The highest BCUT2D eigenvalue weighted by atomic mass is 35.5. The molecule has 0 aromatic heterocycles. The molecular formula is C16H21ClF3N3O2. The summed E-state index contributed by atoms with van der Waals surface area (Å²) in [6, 6.07) is 3.20. The van der Waals surface area contributed by atoms with Crippen LogP contribution in [0.15, 0.2) is 18.2 Å². The maximum absolute atomic E-state index is 13.2. The molecule has 5 nitrogen and oxygen atoms in total. The summed E-state index contributed by atoms with van der Waals surface area (Å²) in [5.41, 5.74) is 0.787. The van der Waals surface area contributed by atoms with E-state index in [2.05, 4.69) is 10.6 Å². The van der Waals surface area contributed by atoms with Crippen LogP contribution in [0.25, 0.3) is 0 Å². The van der Waals surface area contributed by atoms with Crippen LogP contribution in [0.4, 0.5) is 13.2 Å². The summed E-state index contributed by atoms with van der Waals surface area (Å²) in [6.07, 6.45) is -4.40. The van der Waals surface area contributed by atoms with Gasteiger partial charge in [-0.2, -0.15) is 13.2 Å². The van der Waals surface area contributed by atoms with Crippen LogP contribution in [0.3, 0.4) is 0 Å². The van der Waals surface area contributed by atoms with Crippen LogP contribution in [0.5, 0.6) is 5.75 Å². The van der Waals surface area contributed by atoms with Gasteiger partial charge in [0.05, 0.1) is 0 Å². The highest BCUT2D eigenvalue weighted by Gasteiger charge is 2.43. The number of amides is 1. The van der Waals surface area contributed by atoms with E-state index in [0.717, 1.165) is 5.56 Å². The Morgan fingerprint density at radius 2 is 2.08 bits per heavy atom. The van der Waals surface area contributed by atoms with Gasteiger partial charge in [-0.15, -0.1) is 0 Å². The number of rotatable bonds is 6. The van der Waals surface area contributed by atoms with Gasteiger partial charge in [0.15, 0.2) is 6.61 Å². The molecule has 2 N–H and O–H groups in total. The Morgan fingerprint density at radius 1 is 1.40 bits per heavy atom. The summed E-state index contributed by atoms with van der Waals surface area (Å²) in [5.74, 6) is -0.163. The average Bonchev–Trinajstić information content (AvgIpc) is 2.56. The van der Waals surface area contributed by atoms with E-state index in [9.17, 15) is 18.0 Å². The van der Waals surface area contributed by atoms with Crippen molar-refractivity contribution in [1.82, 2.24) is 15.5 Å². The van der Waals surface area contributed by atoms with Gasteiger partial charge in [0.1, 0.15) is 11.8 Å². The van der Waals surface area contributed by atoms with Crippen molar-refractivity contribution >= 4 is 17.5 Å². The molecule has 1 fully saturated rings. The lowest BCUT2D eigenvalue weighted by Gasteiger charge is -2.35. The van der Waals surface area contributed by atoms with Gasteiger partial charge in [0, 0.05) is 37.7 Å². The summed E-state index contributed by atoms with van der Waals surface area (Å²) in [4.78, 5) is 13.2. The Balaban J connectivity index is 1.84. The van der Waals surface area contributed by atoms with Crippen molar-refractivity contribution in [2.75, 3.05) is 39.3 Å². The number of carbonyl (C=O) groups is 1. The molecule has 9 heteroatoms. The Labute approximate surface area is 149 Å². The minimum Gasteiger partial charge on any atom is -0.484 e. The molecule has 1 aliphatic heterocycles. The number of nitrogens with zero attached hydrogens (tertiary/aromatic N) is 1. The van der Waals surface area contributed by atoms with Gasteiger partial charge in [-0.1, -0.05) is 11.6 Å². The summed E-state index contributed by atoms with van der Waals surface area (Å²) in [7, 11) is 0. The van der Waals surface area contributed by atoms with Crippen LogP contribution in [-0.2, 0) is 4.79 Å². The number of benzene rings is 1. The molecule has 2 rings (SSSR count). The predicted molar refractivity (Wildman–Crippen MR) is 89.0 cm³/mol. The zero-order valence-corrected chi connectivity index (χ0v) is 14.6. The minimum atomic E-state index is -4.40. The van der Waals surface area contributed by atoms with Crippen molar-refractivity contribution in [2.45, 2.75) is 19.1 Å². The molecule has 0 spiro atoms. The zero-order chi connectivity index (χ0) is 18.4. The summed E-state index contributed by atoms with van der Waals surface area (Å²) >= 11 is 5.89. The second-order valence-electron chi connectivity index (χ2n) is 5.85. The maximum Gasteiger partial charge on any atom is 0.405 e. The molecule has 0 bridgehead atoms. The predicted octanol–water partition coefficient (Wildman–Crippen LogP) is 1.98. The molecule has 1 aromatic carbocycles. The Kier molecular flexibility index (Phi) is 6.92. The Morgan fingerprint density at radius 3 is 2.68 bits per heavy atom. The third-order valence-corrected chi connectivity index (χ3v) is 4.39. The van der Waals surface area contributed by atoms with E-state index in [1.807, 2.05) is 0 Å². The van der Waals surface area contributed by atoms with Crippen LogP contribution in [0.2, 0.25) is 5.02 Å². The maximum atomic E-state index is 13.2. The van der Waals surface area contributed by atoms with Gasteiger partial charge in [0.25, 0.3) is 5.91 Å². The van der Waals surface area contributed by atoms with E-state index in [1.165, 1.54) is 4.90 Å². The van der Waals surface area contributed by atoms with Gasteiger partial charge >= 0.3 is 6.18 Å². The number of aryl methyl sites for hydroxylation is 1. The fourth-order valence-corrected chi connectivity index (χ4v) is 2.68. The second kappa shape index (κ2) is 8.73. The van der Waals surface area contributed by atoms with Crippen LogP contribution < -0.4 is 15.4 Å². The fourth-order valence-electron chi connectivity index (χ4n) is 2.56. The molecule has 1 aliphatic rings. The summed E-state index contributed by atoms with van der Waals surface area (Å²) in [5, 5.41) is 5.89. The lowest BCUT2D eigenvalue weighted by atomic mass is 10.2. The van der Waals surface area contributed by atoms with Gasteiger partial charge in [-0.05, 0) is 30.7 Å². The normalized spacial score (nSPS) is 17.2. The number of carbonyl (C=O) groups excluding carboxylic acids is 1. The number of ether oxygens (including phenoxy) is 1. The number of hydrogen-bond acceptors (Lipinski definition) is 4. The van der Waals surface area contributed by atoms with Crippen molar-refractivity contribution in [1.29, 1.82) is 0 Å². The molecular weight excluding hydrogens is 359 g/mol. The molecule has 0 radical (unpaired) electrons. The Bertz CT molecular complexity index is 592. The smallest absolute Gasteiger partial charge is 0.405 e. The topological polar surface area (TPSA) is 53.6 Å². The average molecular weight is 380 g/mol. The van der Waals surface area contributed by atoms with E-state index in [-0.39, 0.29) is 6.61 Å². The van der Waals surface area contributed by atoms with Crippen molar-refractivity contribution < 1.29 is 22.7 Å². The lowest BCUT2D eigenvalue weighted by molar-refractivity contribution is -0.184. The van der Waals surface area contributed by atoms with Crippen molar-refractivity contribution in [3.8, 4) is 5.75 Å². The van der Waals surface area contributed by atoms with Crippen LogP contribution >= 0.6 is 11.6 Å². The number of alkyl halides is 3. The van der Waals surface area contributed by atoms with Crippen molar-refractivity contribution in [3.05, 3.63) is 28.8 Å². The first-order valence-electron chi connectivity index (χ1n) is 7.94. The molecule has 1 unspecified atom stereocenters. The molecule has 0 aliphatic carbocycles. The first-order valence-corrected chi connectivity index (χ1v) is 8.32. The van der Waals surface area contributed by atoms with E-state index < -0.39 is 24.7 Å². The standard InChI is InChI=1S/C16H21ClF3N3O2/c1-11-8-12(2-3-13(11)17)25-10-15(24)22-9-14(16(18,19)20)23-6-4-21-5-7-23/h2-3,8,14,21H,4-7,9-10H2,1H3,(H,22,24). The monoisotopic (exact) mass is 379 g/mol. The van der Waals surface area contributed by atoms with Gasteiger partial charge < -0.3 is 15.4 Å². The highest BCUT2D eigenvalue weighted by molar-refractivity contribution is 6.31. The SMILES string of the molecule is Cc1cc(OCC(=O)NCC(N2CCNCC2)C(F)(F)F)ccc1Cl. The first kappa shape index (κ1) is 19.8. The van der Waals surface area contributed by atoms with E-state index >= 15 is 0 Å². The van der Waals surface area contributed by atoms with Gasteiger partial charge in [-0.25, -0.2) is 0 Å². The van der Waals surface area contributed by atoms with Crippen molar-refractivity contribution in [3.63, 3.8) is 0 Å². The fraction of sp³-hybridized carbons (Fsp3) is 0.562. The van der Waals surface area contributed by atoms with Crippen LogP contribution in [-0.4, -0.2) is 62.4 Å². The van der Waals surface area contributed by atoms with E-state index in [4.69, 9.17) is 16.3 Å². The number of piperazine rings is 1. The minimum absolute atomic E-state index is 0.292. The van der Waals surface area contributed by atoms with Gasteiger partial charge in [0.2, 0.25) is 0 Å². The number of hydrogen-bond donors (Lipinski definition) is 2. The molecule has 1 heterocycles. The molecule has 1 saturated heterocycles. The quantitative estimate of drug-likeness (QED) is 0.793. The second-order valence-corrected chi connectivity index (χ2v) is 6.25. The molecule has 1 amide bonds. The zero-order valence-electron chi connectivity index (χ0n) is 13.8. The van der Waals surface area contributed by atoms with Crippen molar-refractivity contribution in [2.24, 2.45) is 0 Å². The van der Waals surface area contributed by atoms with E-state index in [1.54, 1.807) is 25.1 Å². The lowest BCUT2D eigenvalue weighted by Crippen LogP contribution is -2.57. The number of nitrogens with one attached hydrogen (secondary N) is 2. The first-order chi connectivity index (χ1) is 11.8. The molecule has 1 atom stereocenters. The van der Waals surface area contributed by atoms with Crippen LogP contribution in [0, 0.1) is 6.92 Å². The number of halogens is 4. The largest absolute Gasteiger partial charge is 0.484 e. The highest BCUT2D eigenvalue weighted by Crippen LogP contribution is 2.25. The summed E-state index contributed by atoms with van der Waals surface area (Å²) in [6.45, 7) is 2.52. The molecule has 1 aromatic rings. The Hall–Kier alpha value is -1.51. The third-order valence-electron chi connectivity index (χ3n) is 3.96. The molecule has 25 heavy (non-hydrogen) atoms. The van der Waals surface area contributed by atoms with Crippen LogP contribution in [0.1, 0.15) is 5.56 Å². The van der Waals surface area contributed by atoms with E-state index in [0.29, 0.717) is 37.0 Å². The third kappa shape index (κ3) is 6.05. The molecule has 0 saturated carbocycles. The summed E-state index contributed by atoms with van der Waals surface area (Å²) < 4.78 is 45.0. The molecule has 140 valence electrons.